The van der Waals surface area contributed by atoms with Gasteiger partial charge in [0.25, 0.3) is 5.91 Å². The Morgan fingerprint density at radius 1 is 1.52 bits per heavy atom. The van der Waals surface area contributed by atoms with Crippen LogP contribution in [0.15, 0.2) is 16.8 Å². The lowest BCUT2D eigenvalue weighted by atomic mass is 10.3. The Morgan fingerprint density at radius 2 is 2.33 bits per heavy atom. The monoisotopic (exact) mass is 321 g/mol. The van der Waals surface area contributed by atoms with Crippen LogP contribution in [0.25, 0.3) is 10.6 Å². The molecule has 2 heterocycles. The molecule has 1 N–H and O–H groups in total. The number of carbonyl (C=O) groups excluding carboxylic acids is 1. The Balaban J connectivity index is 1.59. The van der Waals surface area contributed by atoms with Gasteiger partial charge in [0.05, 0.1) is 5.69 Å². The fourth-order valence-electron chi connectivity index (χ4n) is 2.24. The molecule has 6 heteroatoms. The van der Waals surface area contributed by atoms with Gasteiger partial charge in [0.1, 0.15) is 9.88 Å². The van der Waals surface area contributed by atoms with Crippen molar-refractivity contribution in [3.63, 3.8) is 0 Å². The standard InChI is InChI=1S/C15H19N3OS2/c1-10-13(21-15(17-10)11-5-8-20-9-11)14(19)16-6-7-18(2)12-3-4-12/h5,8-9,12H,3-4,6-7H2,1-2H3,(H,16,19). The third kappa shape index (κ3) is 3.51. The minimum atomic E-state index is -0.00400. The number of hydrogen-bond donors (Lipinski definition) is 1. The second-order valence-corrected chi connectivity index (χ2v) is 7.19. The van der Waals surface area contributed by atoms with Gasteiger partial charge < -0.3 is 10.2 Å². The number of nitrogens with one attached hydrogen (secondary N) is 1. The lowest BCUT2D eigenvalue weighted by molar-refractivity contribution is 0.0952. The molecule has 1 aliphatic carbocycles. The second kappa shape index (κ2) is 6.25. The summed E-state index contributed by atoms with van der Waals surface area (Å²) < 4.78 is 0. The summed E-state index contributed by atoms with van der Waals surface area (Å²) in [6.07, 6.45) is 2.59. The Morgan fingerprint density at radius 3 is 3.00 bits per heavy atom. The lowest BCUT2D eigenvalue weighted by Gasteiger charge is -2.15. The predicted octanol–water partition coefficient (Wildman–Crippen LogP) is 3.00. The Hall–Kier alpha value is -1.24. The van der Waals surface area contributed by atoms with E-state index in [9.17, 15) is 4.79 Å². The summed E-state index contributed by atoms with van der Waals surface area (Å²) >= 11 is 3.12. The van der Waals surface area contributed by atoms with Crippen molar-refractivity contribution >= 4 is 28.6 Å². The Kier molecular flexibility index (Phi) is 4.37. The predicted molar refractivity (Wildman–Crippen MR) is 88.1 cm³/mol. The molecule has 0 radical (unpaired) electrons. The van der Waals surface area contributed by atoms with Crippen LogP contribution in [0.3, 0.4) is 0 Å². The smallest absolute Gasteiger partial charge is 0.263 e. The first-order chi connectivity index (χ1) is 10.1. The molecule has 0 aromatic carbocycles. The molecule has 21 heavy (non-hydrogen) atoms. The van der Waals surface area contributed by atoms with E-state index in [1.54, 1.807) is 11.3 Å². The summed E-state index contributed by atoms with van der Waals surface area (Å²) in [7, 11) is 2.12. The van der Waals surface area contributed by atoms with Gasteiger partial charge >= 0.3 is 0 Å². The van der Waals surface area contributed by atoms with Crippen LogP contribution in [0.2, 0.25) is 0 Å². The van der Waals surface area contributed by atoms with Gasteiger partial charge in [0, 0.05) is 30.1 Å². The van der Waals surface area contributed by atoms with Crippen LogP contribution in [-0.2, 0) is 0 Å². The van der Waals surface area contributed by atoms with Crippen molar-refractivity contribution in [2.75, 3.05) is 20.1 Å². The van der Waals surface area contributed by atoms with Crippen molar-refractivity contribution in [3.05, 3.63) is 27.4 Å². The molecule has 2 aromatic rings. The summed E-state index contributed by atoms with van der Waals surface area (Å²) in [5, 5.41) is 8.02. The van der Waals surface area contributed by atoms with Crippen LogP contribution < -0.4 is 5.32 Å². The normalized spacial score (nSPS) is 14.6. The van der Waals surface area contributed by atoms with Gasteiger partial charge in [-0.1, -0.05) is 0 Å². The number of nitrogens with zero attached hydrogens (tertiary/aromatic N) is 2. The Labute approximate surface area is 132 Å². The second-order valence-electron chi connectivity index (χ2n) is 5.41. The van der Waals surface area contributed by atoms with E-state index in [2.05, 4.69) is 27.6 Å². The average molecular weight is 321 g/mol. The molecular weight excluding hydrogens is 302 g/mol. The van der Waals surface area contributed by atoms with Gasteiger partial charge in [0.15, 0.2) is 0 Å². The number of hydrogen-bond acceptors (Lipinski definition) is 5. The fraction of sp³-hybridized carbons (Fsp3) is 0.467. The first kappa shape index (κ1) is 14.7. The summed E-state index contributed by atoms with van der Waals surface area (Å²) in [5.74, 6) is -0.00400. The molecular formula is C15H19N3OS2. The molecule has 4 nitrogen and oxygen atoms in total. The topological polar surface area (TPSA) is 45.2 Å². The summed E-state index contributed by atoms with van der Waals surface area (Å²) in [6.45, 7) is 3.50. The number of thiophene rings is 1. The van der Waals surface area contributed by atoms with E-state index in [-0.39, 0.29) is 5.91 Å². The van der Waals surface area contributed by atoms with Crippen molar-refractivity contribution in [2.45, 2.75) is 25.8 Å². The molecule has 1 saturated carbocycles. The molecule has 0 aliphatic heterocycles. The molecule has 1 aliphatic rings. The van der Waals surface area contributed by atoms with Gasteiger partial charge in [-0.15, -0.1) is 11.3 Å². The van der Waals surface area contributed by atoms with E-state index < -0.39 is 0 Å². The first-order valence-corrected chi connectivity index (χ1v) is 8.89. The van der Waals surface area contributed by atoms with Crippen LogP contribution in [0.4, 0.5) is 0 Å². The lowest BCUT2D eigenvalue weighted by Crippen LogP contribution is -2.33. The van der Waals surface area contributed by atoms with Crippen LogP contribution in [0, 0.1) is 6.92 Å². The SMILES string of the molecule is Cc1nc(-c2ccsc2)sc1C(=O)NCCN(C)C1CC1. The van der Waals surface area contributed by atoms with E-state index >= 15 is 0 Å². The summed E-state index contributed by atoms with van der Waals surface area (Å²) in [6, 6.07) is 2.77. The highest BCUT2D eigenvalue weighted by atomic mass is 32.1. The number of rotatable bonds is 6. The molecule has 0 atom stereocenters. The zero-order valence-electron chi connectivity index (χ0n) is 12.3. The number of carbonyl (C=O) groups is 1. The number of thiazole rings is 1. The van der Waals surface area contributed by atoms with E-state index in [4.69, 9.17) is 0 Å². The highest BCUT2D eigenvalue weighted by molar-refractivity contribution is 7.17. The minimum absolute atomic E-state index is 0.00400. The molecule has 2 aromatic heterocycles. The largest absolute Gasteiger partial charge is 0.350 e. The van der Waals surface area contributed by atoms with Gasteiger partial charge in [-0.2, -0.15) is 11.3 Å². The number of amides is 1. The average Bonchev–Trinajstić information content (AvgIpc) is 3.03. The van der Waals surface area contributed by atoms with Crippen LogP contribution >= 0.6 is 22.7 Å². The molecule has 0 saturated heterocycles. The quantitative estimate of drug-likeness (QED) is 0.889. The Bertz CT molecular complexity index is 617. The van der Waals surface area contributed by atoms with Crippen molar-refractivity contribution in [2.24, 2.45) is 0 Å². The fourth-order valence-corrected chi connectivity index (χ4v) is 3.93. The van der Waals surface area contributed by atoms with E-state index in [0.29, 0.717) is 6.54 Å². The van der Waals surface area contributed by atoms with Crippen molar-refractivity contribution in [1.29, 1.82) is 0 Å². The maximum absolute atomic E-state index is 12.3. The molecule has 1 fully saturated rings. The summed E-state index contributed by atoms with van der Waals surface area (Å²) in [5.41, 5.74) is 1.91. The van der Waals surface area contributed by atoms with Gasteiger partial charge in [-0.05, 0) is 38.3 Å². The minimum Gasteiger partial charge on any atom is -0.350 e. The molecule has 0 spiro atoms. The molecule has 3 rings (SSSR count). The number of aromatic nitrogens is 1. The van der Waals surface area contributed by atoms with Crippen molar-refractivity contribution in [1.82, 2.24) is 15.2 Å². The van der Waals surface area contributed by atoms with Gasteiger partial charge in [-0.3, -0.25) is 4.79 Å². The first-order valence-electron chi connectivity index (χ1n) is 7.13. The number of likely N-dealkylation sites (N-methyl/N-ethyl adjacent to an activating group) is 1. The molecule has 0 bridgehead atoms. The highest BCUT2D eigenvalue weighted by Gasteiger charge is 2.25. The van der Waals surface area contributed by atoms with E-state index in [0.717, 1.165) is 33.7 Å². The molecule has 1 amide bonds. The molecule has 0 unspecified atom stereocenters. The van der Waals surface area contributed by atoms with E-state index in [1.165, 1.54) is 24.2 Å². The third-order valence-electron chi connectivity index (χ3n) is 3.69. The molecule has 112 valence electrons. The van der Waals surface area contributed by atoms with Gasteiger partial charge in [0.2, 0.25) is 0 Å². The number of aryl methyl sites for hydroxylation is 1. The van der Waals surface area contributed by atoms with Crippen molar-refractivity contribution in [3.8, 4) is 10.6 Å². The zero-order chi connectivity index (χ0) is 14.8. The highest BCUT2D eigenvalue weighted by Crippen LogP contribution is 2.29. The van der Waals surface area contributed by atoms with Gasteiger partial charge in [-0.25, -0.2) is 4.98 Å². The van der Waals surface area contributed by atoms with Crippen LogP contribution in [-0.4, -0.2) is 42.0 Å². The zero-order valence-corrected chi connectivity index (χ0v) is 13.9. The third-order valence-corrected chi connectivity index (χ3v) is 5.58. The van der Waals surface area contributed by atoms with Crippen molar-refractivity contribution < 1.29 is 4.79 Å². The maximum atomic E-state index is 12.3. The van der Waals surface area contributed by atoms with Crippen LogP contribution in [0.5, 0.6) is 0 Å². The van der Waals surface area contributed by atoms with Crippen LogP contribution in [0.1, 0.15) is 28.2 Å². The van der Waals surface area contributed by atoms with E-state index in [1.807, 2.05) is 18.4 Å². The maximum Gasteiger partial charge on any atom is 0.263 e. The summed E-state index contributed by atoms with van der Waals surface area (Å²) in [4.78, 5) is 19.8.